The first kappa shape index (κ1) is 70.3. The Bertz CT molecular complexity index is 1120. The molecule has 0 aromatic rings. The summed E-state index contributed by atoms with van der Waals surface area (Å²) in [6, 6.07) is -0.635. The van der Waals surface area contributed by atoms with Crippen molar-refractivity contribution in [2.24, 2.45) is 0 Å². The lowest BCUT2D eigenvalue weighted by Gasteiger charge is -2.20. The van der Waals surface area contributed by atoms with Crippen LogP contribution in [0.25, 0.3) is 0 Å². The van der Waals surface area contributed by atoms with Crippen LogP contribution in [0.15, 0.2) is 24.3 Å². The standard InChI is InChI=1S/C66H127NO5/c1-3-5-7-9-11-13-15-17-19-20-21-22-23-24-25-26-27-28-31-34-38-42-46-50-54-58-64(69)63(62-68)67-65(70)59-55-51-47-43-39-35-32-29-30-33-37-41-45-49-53-57-61-72-66(71)60-56-52-48-44-40-36-18-16-14-12-10-8-6-4-2/h16,18,54,58,63-64,68-69H,3-15,17,19-53,55-57,59-62H2,1-2H3,(H,67,70)/b18-16-,58-54+. The molecule has 6 heteroatoms. The summed E-state index contributed by atoms with van der Waals surface area (Å²) in [7, 11) is 0. The van der Waals surface area contributed by atoms with Crippen molar-refractivity contribution in [2.45, 2.75) is 373 Å². The van der Waals surface area contributed by atoms with Gasteiger partial charge in [-0.3, -0.25) is 9.59 Å². The van der Waals surface area contributed by atoms with Crippen LogP contribution in [0.2, 0.25) is 0 Å². The fourth-order valence-electron chi connectivity index (χ4n) is 10.2. The molecule has 2 atom stereocenters. The monoisotopic (exact) mass is 1010 g/mol. The summed E-state index contributed by atoms with van der Waals surface area (Å²) in [4.78, 5) is 24.6. The molecule has 0 rings (SSSR count). The Hall–Kier alpha value is -1.66. The van der Waals surface area contributed by atoms with Crippen LogP contribution in [0.4, 0.5) is 0 Å². The molecule has 0 aromatic heterocycles. The zero-order valence-electron chi connectivity index (χ0n) is 48.7. The molecule has 0 aromatic carbocycles. The number of amides is 1. The molecule has 0 saturated carbocycles. The second-order valence-corrected chi connectivity index (χ2v) is 22.5. The van der Waals surface area contributed by atoms with Gasteiger partial charge in [0.15, 0.2) is 0 Å². The average Bonchev–Trinajstić information content (AvgIpc) is 3.38. The van der Waals surface area contributed by atoms with E-state index in [1.54, 1.807) is 6.08 Å². The molecule has 0 radical (unpaired) electrons. The lowest BCUT2D eigenvalue weighted by Crippen LogP contribution is -2.45. The zero-order chi connectivity index (χ0) is 52.2. The third kappa shape index (κ3) is 57.6. The highest BCUT2D eigenvalue weighted by molar-refractivity contribution is 5.76. The Kier molecular flexibility index (Phi) is 60.5. The van der Waals surface area contributed by atoms with Gasteiger partial charge in [0.05, 0.1) is 25.4 Å². The first-order valence-corrected chi connectivity index (χ1v) is 32.6. The zero-order valence-corrected chi connectivity index (χ0v) is 48.7. The third-order valence-corrected chi connectivity index (χ3v) is 15.2. The molecular formula is C66H127NO5. The first-order valence-electron chi connectivity index (χ1n) is 32.6. The van der Waals surface area contributed by atoms with Crippen LogP contribution >= 0.6 is 0 Å². The van der Waals surface area contributed by atoms with Gasteiger partial charge in [-0.15, -0.1) is 0 Å². The lowest BCUT2D eigenvalue weighted by molar-refractivity contribution is -0.143. The number of hydrogen-bond acceptors (Lipinski definition) is 5. The molecule has 0 bridgehead atoms. The predicted octanol–water partition coefficient (Wildman–Crippen LogP) is 20.6. The normalized spacial score (nSPS) is 12.7. The van der Waals surface area contributed by atoms with Crippen LogP contribution in [0.5, 0.6) is 0 Å². The van der Waals surface area contributed by atoms with E-state index < -0.39 is 12.1 Å². The summed E-state index contributed by atoms with van der Waals surface area (Å²) < 4.78 is 5.47. The molecule has 72 heavy (non-hydrogen) atoms. The van der Waals surface area contributed by atoms with Crippen molar-refractivity contribution in [1.82, 2.24) is 5.32 Å². The summed E-state index contributed by atoms with van der Waals surface area (Å²) in [5.74, 6) is -0.0766. The minimum absolute atomic E-state index is 0.00552. The van der Waals surface area contributed by atoms with E-state index in [0.717, 1.165) is 44.9 Å². The number of hydrogen-bond donors (Lipinski definition) is 3. The van der Waals surface area contributed by atoms with Gasteiger partial charge in [-0.1, -0.05) is 314 Å². The third-order valence-electron chi connectivity index (χ3n) is 15.2. The van der Waals surface area contributed by atoms with E-state index in [2.05, 4.69) is 31.3 Å². The molecule has 0 saturated heterocycles. The summed E-state index contributed by atoms with van der Waals surface area (Å²) in [5.41, 5.74) is 0. The number of esters is 1. The van der Waals surface area contributed by atoms with Gasteiger partial charge in [0.25, 0.3) is 0 Å². The number of aliphatic hydroxyl groups excluding tert-OH is 2. The molecule has 1 amide bonds. The smallest absolute Gasteiger partial charge is 0.305 e. The molecule has 0 fully saturated rings. The Balaban J connectivity index is 3.45. The van der Waals surface area contributed by atoms with Crippen molar-refractivity contribution >= 4 is 11.9 Å². The van der Waals surface area contributed by atoms with Crippen LogP contribution in [0, 0.1) is 0 Å². The van der Waals surface area contributed by atoms with Gasteiger partial charge in [-0.05, 0) is 57.8 Å². The highest BCUT2D eigenvalue weighted by Gasteiger charge is 2.18. The van der Waals surface area contributed by atoms with Crippen LogP contribution in [0.3, 0.4) is 0 Å². The van der Waals surface area contributed by atoms with Crippen LogP contribution in [-0.2, 0) is 14.3 Å². The van der Waals surface area contributed by atoms with Crippen LogP contribution in [0.1, 0.15) is 361 Å². The molecule has 426 valence electrons. The number of nitrogens with one attached hydrogen (secondary N) is 1. The van der Waals surface area contributed by atoms with Crippen molar-refractivity contribution < 1.29 is 24.5 Å². The second kappa shape index (κ2) is 61.9. The van der Waals surface area contributed by atoms with Gasteiger partial charge in [0.2, 0.25) is 5.91 Å². The molecule has 0 heterocycles. The number of carbonyl (C=O) groups excluding carboxylic acids is 2. The second-order valence-electron chi connectivity index (χ2n) is 22.5. The van der Waals surface area contributed by atoms with E-state index in [4.69, 9.17) is 4.74 Å². The van der Waals surface area contributed by atoms with Crippen molar-refractivity contribution in [3.05, 3.63) is 24.3 Å². The number of allylic oxidation sites excluding steroid dienone is 3. The van der Waals surface area contributed by atoms with E-state index in [9.17, 15) is 19.8 Å². The highest BCUT2D eigenvalue weighted by atomic mass is 16.5. The number of unbranched alkanes of at least 4 members (excludes halogenated alkanes) is 48. The summed E-state index contributed by atoms with van der Waals surface area (Å²) in [6.45, 7) is 4.91. The first-order chi connectivity index (χ1) is 35.5. The van der Waals surface area contributed by atoms with Gasteiger partial charge in [-0.2, -0.15) is 0 Å². The minimum Gasteiger partial charge on any atom is -0.466 e. The molecule has 3 N–H and O–H groups in total. The SMILES string of the molecule is CCCCCCC/C=C\CCCCCCCC(=O)OCCCCCCCCCCCCCCCCCCC(=O)NC(CO)C(O)/C=C/CCCCCCCCCCCCCCCCCCCCCCCCC. The van der Waals surface area contributed by atoms with Crippen LogP contribution in [-0.4, -0.2) is 47.4 Å². The Morgan fingerprint density at radius 2 is 0.653 bits per heavy atom. The van der Waals surface area contributed by atoms with E-state index in [1.807, 2.05) is 6.08 Å². The van der Waals surface area contributed by atoms with Gasteiger partial charge in [0.1, 0.15) is 0 Å². The fourth-order valence-corrected chi connectivity index (χ4v) is 10.2. The number of rotatable bonds is 61. The van der Waals surface area contributed by atoms with E-state index in [0.29, 0.717) is 19.4 Å². The molecule has 0 aliphatic carbocycles. The van der Waals surface area contributed by atoms with E-state index in [-0.39, 0.29) is 18.5 Å². The van der Waals surface area contributed by atoms with Crippen molar-refractivity contribution in [3.8, 4) is 0 Å². The quantitative estimate of drug-likeness (QED) is 0.0320. The Morgan fingerprint density at radius 3 is 0.986 bits per heavy atom. The Morgan fingerprint density at radius 1 is 0.375 bits per heavy atom. The van der Waals surface area contributed by atoms with Crippen molar-refractivity contribution in [3.63, 3.8) is 0 Å². The van der Waals surface area contributed by atoms with Gasteiger partial charge in [0, 0.05) is 12.8 Å². The summed E-state index contributed by atoms with van der Waals surface area (Å²) in [6.07, 6.45) is 76.5. The number of carbonyl (C=O) groups is 2. The molecular weight excluding hydrogens is 887 g/mol. The van der Waals surface area contributed by atoms with E-state index >= 15 is 0 Å². The molecule has 6 nitrogen and oxygen atoms in total. The lowest BCUT2D eigenvalue weighted by atomic mass is 10.0. The number of aliphatic hydroxyl groups is 2. The van der Waals surface area contributed by atoms with Gasteiger partial charge < -0.3 is 20.3 Å². The van der Waals surface area contributed by atoms with E-state index in [1.165, 1.54) is 289 Å². The molecule has 0 aliphatic heterocycles. The van der Waals surface area contributed by atoms with Gasteiger partial charge >= 0.3 is 5.97 Å². The average molecular weight is 1010 g/mol. The summed E-state index contributed by atoms with van der Waals surface area (Å²) >= 11 is 0. The molecule has 0 aliphatic rings. The predicted molar refractivity (Wildman–Crippen MR) is 315 cm³/mol. The van der Waals surface area contributed by atoms with Crippen molar-refractivity contribution in [2.75, 3.05) is 13.2 Å². The topological polar surface area (TPSA) is 95.9 Å². The molecule has 2 unspecified atom stereocenters. The minimum atomic E-state index is -0.851. The highest BCUT2D eigenvalue weighted by Crippen LogP contribution is 2.18. The van der Waals surface area contributed by atoms with Crippen LogP contribution < -0.4 is 5.32 Å². The maximum atomic E-state index is 12.5. The summed E-state index contributed by atoms with van der Waals surface area (Å²) in [5, 5.41) is 23.2. The number of ether oxygens (including phenoxy) is 1. The molecule has 0 spiro atoms. The Labute approximate surface area is 450 Å². The van der Waals surface area contributed by atoms with Gasteiger partial charge in [-0.25, -0.2) is 0 Å². The fraction of sp³-hybridized carbons (Fsp3) is 0.909. The largest absolute Gasteiger partial charge is 0.466 e. The maximum absolute atomic E-state index is 12.5. The van der Waals surface area contributed by atoms with Crippen molar-refractivity contribution in [1.29, 1.82) is 0 Å². The maximum Gasteiger partial charge on any atom is 0.305 e.